The molecule has 32 heavy (non-hydrogen) atoms. The van der Waals surface area contributed by atoms with E-state index in [1.807, 2.05) is 50.2 Å². The van der Waals surface area contributed by atoms with Crippen molar-refractivity contribution in [1.82, 2.24) is 10.2 Å². The number of nitrogens with zero attached hydrogens (tertiary/aromatic N) is 1. The molecular formula is C28H34N2O2. The molecule has 3 rings (SSSR count). The SMILES string of the molecule is Cc1cccc(CN(C(=O)CCc2cccc3ccccc23)[C@@H](C)C(=O)NCC(C)C)c1. The van der Waals surface area contributed by atoms with Crippen LogP contribution in [-0.2, 0) is 22.6 Å². The summed E-state index contributed by atoms with van der Waals surface area (Å²) < 4.78 is 0. The lowest BCUT2D eigenvalue weighted by atomic mass is 10.0. The van der Waals surface area contributed by atoms with Crippen LogP contribution in [0.5, 0.6) is 0 Å². The van der Waals surface area contributed by atoms with Crippen LogP contribution in [0.3, 0.4) is 0 Å². The van der Waals surface area contributed by atoms with E-state index in [1.54, 1.807) is 4.90 Å². The number of hydrogen-bond donors (Lipinski definition) is 1. The van der Waals surface area contributed by atoms with Crippen molar-refractivity contribution in [2.24, 2.45) is 5.92 Å². The topological polar surface area (TPSA) is 49.4 Å². The molecule has 0 unspecified atom stereocenters. The number of rotatable bonds is 9. The maximum Gasteiger partial charge on any atom is 0.242 e. The fourth-order valence-electron chi connectivity index (χ4n) is 3.94. The minimum atomic E-state index is -0.533. The van der Waals surface area contributed by atoms with Gasteiger partial charge in [0.2, 0.25) is 11.8 Å². The van der Waals surface area contributed by atoms with Crippen molar-refractivity contribution in [2.45, 2.75) is 53.1 Å². The predicted molar refractivity (Wildman–Crippen MR) is 131 cm³/mol. The summed E-state index contributed by atoms with van der Waals surface area (Å²) in [4.78, 5) is 27.9. The van der Waals surface area contributed by atoms with Crippen LogP contribution in [0.15, 0.2) is 66.7 Å². The van der Waals surface area contributed by atoms with Gasteiger partial charge in [-0.15, -0.1) is 0 Å². The Morgan fingerprint density at radius 2 is 1.66 bits per heavy atom. The largest absolute Gasteiger partial charge is 0.354 e. The molecule has 1 N–H and O–H groups in total. The molecule has 2 amide bonds. The van der Waals surface area contributed by atoms with Gasteiger partial charge in [0, 0.05) is 19.5 Å². The lowest BCUT2D eigenvalue weighted by Gasteiger charge is -2.29. The number of aryl methyl sites for hydroxylation is 2. The second kappa shape index (κ2) is 10.9. The zero-order valence-electron chi connectivity index (χ0n) is 19.6. The van der Waals surface area contributed by atoms with Gasteiger partial charge >= 0.3 is 0 Å². The third-order valence-electron chi connectivity index (χ3n) is 5.78. The average Bonchev–Trinajstić information content (AvgIpc) is 2.79. The van der Waals surface area contributed by atoms with Crippen LogP contribution in [0.2, 0.25) is 0 Å². The first-order valence-corrected chi connectivity index (χ1v) is 11.4. The van der Waals surface area contributed by atoms with Crippen LogP contribution in [0.25, 0.3) is 10.8 Å². The monoisotopic (exact) mass is 430 g/mol. The molecule has 0 aromatic heterocycles. The Bertz CT molecular complexity index is 1070. The summed E-state index contributed by atoms with van der Waals surface area (Å²) in [5.41, 5.74) is 3.33. The van der Waals surface area contributed by atoms with E-state index >= 15 is 0 Å². The van der Waals surface area contributed by atoms with Gasteiger partial charge in [-0.2, -0.15) is 0 Å². The van der Waals surface area contributed by atoms with Gasteiger partial charge in [-0.3, -0.25) is 9.59 Å². The molecule has 0 spiro atoms. The van der Waals surface area contributed by atoms with E-state index in [9.17, 15) is 9.59 Å². The third kappa shape index (κ3) is 6.19. The quantitative estimate of drug-likeness (QED) is 0.503. The van der Waals surface area contributed by atoms with Gasteiger partial charge in [-0.1, -0.05) is 86.1 Å². The first-order chi connectivity index (χ1) is 15.3. The molecular weight excluding hydrogens is 396 g/mol. The van der Waals surface area contributed by atoms with Crippen LogP contribution >= 0.6 is 0 Å². The van der Waals surface area contributed by atoms with Gasteiger partial charge in [0.1, 0.15) is 6.04 Å². The number of hydrogen-bond acceptors (Lipinski definition) is 2. The first kappa shape index (κ1) is 23.5. The van der Waals surface area contributed by atoms with Gasteiger partial charge in [-0.05, 0) is 48.1 Å². The molecule has 4 heteroatoms. The molecule has 3 aromatic carbocycles. The van der Waals surface area contributed by atoms with E-state index in [1.165, 1.54) is 10.8 Å². The fraction of sp³-hybridized carbons (Fsp3) is 0.357. The van der Waals surface area contributed by atoms with Crippen molar-refractivity contribution in [3.8, 4) is 0 Å². The lowest BCUT2D eigenvalue weighted by molar-refractivity contribution is -0.140. The van der Waals surface area contributed by atoms with Crippen molar-refractivity contribution < 1.29 is 9.59 Å². The summed E-state index contributed by atoms with van der Waals surface area (Å²) in [6, 6.07) is 22.0. The summed E-state index contributed by atoms with van der Waals surface area (Å²) >= 11 is 0. The predicted octanol–water partition coefficient (Wildman–Crippen LogP) is 5.27. The molecule has 0 aliphatic carbocycles. The number of carbonyl (C=O) groups excluding carboxylic acids is 2. The summed E-state index contributed by atoms with van der Waals surface area (Å²) in [6.07, 6.45) is 1.01. The lowest BCUT2D eigenvalue weighted by Crippen LogP contribution is -2.48. The number of fused-ring (bicyclic) bond motifs is 1. The highest BCUT2D eigenvalue weighted by Gasteiger charge is 2.26. The van der Waals surface area contributed by atoms with Crippen molar-refractivity contribution >= 4 is 22.6 Å². The number of nitrogens with one attached hydrogen (secondary N) is 1. The van der Waals surface area contributed by atoms with Gasteiger partial charge in [-0.25, -0.2) is 0 Å². The second-order valence-corrected chi connectivity index (χ2v) is 8.96. The van der Waals surface area contributed by atoms with Crippen molar-refractivity contribution in [3.63, 3.8) is 0 Å². The molecule has 3 aromatic rings. The van der Waals surface area contributed by atoms with Crippen LogP contribution in [0.1, 0.15) is 43.9 Å². The summed E-state index contributed by atoms with van der Waals surface area (Å²) in [5, 5.41) is 5.33. The van der Waals surface area contributed by atoms with Crippen LogP contribution in [0, 0.1) is 12.8 Å². The second-order valence-electron chi connectivity index (χ2n) is 8.96. The van der Waals surface area contributed by atoms with Crippen LogP contribution < -0.4 is 5.32 Å². The highest BCUT2D eigenvalue weighted by Crippen LogP contribution is 2.21. The van der Waals surface area contributed by atoms with Crippen LogP contribution in [0.4, 0.5) is 0 Å². The summed E-state index contributed by atoms with van der Waals surface area (Å²) in [5.74, 6) is 0.245. The molecule has 4 nitrogen and oxygen atoms in total. The summed E-state index contributed by atoms with van der Waals surface area (Å²) in [6.45, 7) is 9.00. The fourth-order valence-corrected chi connectivity index (χ4v) is 3.94. The van der Waals surface area contributed by atoms with E-state index in [4.69, 9.17) is 0 Å². The molecule has 1 atom stereocenters. The first-order valence-electron chi connectivity index (χ1n) is 11.4. The van der Waals surface area contributed by atoms with Gasteiger partial charge in [0.15, 0.2) is 0 Å². The normalized spacial score (nSPS) is 12.0. The Balaban J connectivity index is 1.77. The number of benzene rings is 3. The molecule has 0 radical (unpaired) electrons. The van der Waals surface area contributed by atoms with E-state index in [-0.39, 0.29) is 11.8 Å². The van der Waals surface area contributed by atoms with Crippen LogP contribution in [-0.4, -0.2) is 29.3 Å². The Kier molecular flexibility index (Phi) is 8.04. The average molecular weight is 431 g/mol. The van der Waals surface area contributed by atoms with E-state index in [0.717, 1.165) is 16.7 Å². The van der Waals surface area contributed by atoms with Gasteiger partial charge < -0.3 is 10.2 Å². The van der Waals surface area contributed by atoms with Crippen molar-refractivity contribution in [2.75, 3.05) is 6.54 Å². The summed E-state index contributed by atoms with van der Waals surface area (Å²) in [7, 11) is 0. The maximum atomic E-state index is 13.4. The standard InChI is InChI=1S/C28H34N2O2/c1-20(2)18-29-28(32)22(4)30(19-23-10-7-9-21(3)17-23)27(31)16-15-25-13-8-12-24-11-5-6-14-26(24)25/h5-14,17,20,22H,15-16,18-19H2,1-4H3,(H,29,32)/t22-/m0/s1. The zero-order valence-corrected chi connectivity index (χ0v) is 19.6. The van der Waals surface area contributed by atoms with E-state index < -0.39 is 6.04 Å². The van der Waals surface area contributed by atoms with Gasteiger partial charge in [0.05, 0.1) is 0 Å². The highest BCUT2D eigenvalue weighted by molar-refractivity contribution is 5.88. The Morgan fingerprint density at radius 1 is 0.938 bits per heavy atom. The Labute approximate surface area is 191 Å². The third-order valence-corrected chi connectivity index (χ3v) is 5.78. The Morgan fingerprint density at radius 3 is 2.41 bits per heavy atom. The minimum Gasteiger partial charge on any atom is -0.354 e. The number of amides is 2. The van der Waals surface area contributed by atoms with Gasteiger partial charge in [0.25, 0.3) is 0 Å². The molecule has 0 heterocycles. The maximum absolute atomic E-state index is 13.4. The smallest absolute Gasteiger partial charge is 0.242 e. The molecule has 0 bridgehead atoms. The molecule has 0 aliphatic rings. The Hall–Kier alpha value is -3.14. The molecule has 168 valence electrons. The van der Waals surface area contributed by atoms with Crippen molar-refractivity contribution in [3.05, 3.63) is 83.4 Å². The zero-order chi connectivity index (χ0) is 23.1. The molecule has 0 saturated carbocycles. The van der Waals surface area contributed by atoms with E-state index in [0.29, 0.717) is 31.8 Å². The number of carbonyl (C=O) groups is 2. The van der Waals surface area contributed by atoms with Crippen molar-refractivity contribution in [1.29, 1.82) is 0 Å². The molecule has 0 aliphatic heterocycles. The molecule has 0 saturated heterocycles. The minimum absolute atomic E-state index is 0.00774. The molecule has 0 fully saturated rings. The van der Waals surface area contributed by atoms with E-state index in [2.05, 4.69) is 49.5 Å². The highest BCUT2D eigenvalue weighted by atomic mass is 16.2.